The second-order valence-corrected chi connectivity index (χ2v) is 11.8. The van der Waals surface area contributed by atoms with E-state index in [0.29, 0.717) is 22.2 Å². The topological polar surface area (TPSA) is 110 Å². The first-order valence-corrected chi connectivity index (χ1v) is 12.8. The van der Waals surface area contributed by atoms with E-state index in [1.807, 2.05) is 30.3 Å². The fourth-order valence-electron chi connectivity index (χ4n) is 3.45. The van der Waals surface area contributed by atoms with E-state index in [1.54, 1.807) is 6.07 Å². The molecule has 2 aromatic heterocycles. The number of thiophene rings is 2. The summed E-state index contributed by atoms with van der Waals surface area (Å²) in [6, 6.07) is 13.1. The molecular formula is C20H18ClN3O4S3. The van der Waals surface area contributed by atoms with Crippen molar-refractivity contribution in [3.8, 4) is 10.4 Å². The van der Waals surface area contributed by atoms with Crippen molar-refractivity contribution in [2.45, 2.75) is 23.1 Å². The van der Waals surface area contributed by atoms with Gasteiger partial charge in [0.05, 0.1) is 9.90 Å². The highest BCUT2D eigenvalue weighted by Crippen LogP contribution is 2.37. The number of hydrogen-bond donors (Lipinski definition) is 2. The lowest BCUT2D eigenvalue weighted by Crippen LogP contribution is -2.42. The Balaban J connectivity index is 1.60. The van der Waals surface area contributed by atoms with Crippen LogP contribution in [-0.2, 0) is 14.8 Å². The maximum atomic E-state index is 13.0. The lowest BCUT2D eigenvalue weighted by molar-refractivity contribution is -0.119. The van der Waals surface area contributed by atoms with E-state index in [2.05, 4.69) is 5.32 Å². The van der Waals surface area contributed by atoms with Crippen molar-refractivity contribution in [1.29, 1.82) is 0 Å². The number of nitrogens with zero attached hydrogens (tertiary/aromatic N) is 1. The monoisotopic (exact) mass is 495 g/mol. The number of nitrogens with one attached hydrogen (secondary N) is 1. The minimum atomic E-state index is -3.85. The highest BCUT2D eigenvalue weighted by molar-refractivity contribution is 7.91. The van der Waals surface area contributed by atoms with Crippen molar-refractivity contribution in [3.63, 3.8) is 0 Å². The van der Waals surface area contributed by atoms with E-state index in [1.165, 1.54) is 27.8 Å². The van der Waals surface area contributed by atoms with E-state index in [9.17, 15) is 18.0 Å². The molecule has 0 saturated carbocycles. The van der Waals surface area contributed by atoms with Crippen LogP contribution in [0.15, 0.2) is 52.7 Å². The molecule has 4 rings (SSSR count). The van der Waals surface area contributed by atoms with E-state index in [0.717, 1.165) is 21.8 Å². The fraction of sp³-hybridized carbons (Fsp3) is 0.200. The van der Waals surface area contributed by atoms with Crippen LogP contribution in [-0.4, -0.2) is 37.1 Å². The summed E-state index contributed by atoms with van der Waals surface area (Å²) in [4.78, 5) is 25.8. The van der Waals surface area contributed by atoms with Crippen molar-refractivity contribution < 1.29 is 18.0 Å². The first-order chi connectivity index (χ1) is 14.8. The molecule has 1 unspecified atom stereocenters. The Morgan fingerprint density at radius 3 is 2.52 bits per heavy atom. The molecule has 3 aromatic rings. The van der Waals surface area contributed by atoms with E-state index in [4.69, 9.17) is 17.3 Å². The average molecular weight is 496 g/mol. The second-order valence-electron chi connectivity index (χ2n) is 6.91. The summed E-state index contributed by atoms with van der Waals surface area (Å²) in [5, 5.41) is 3.04. The van der Waals surface area contributed by atoms with Gasteiger partial charge in [0.25, 0.3) is 15.9 Å². The number of rotatable bonds is 6. The summed E-state index contributed by atoms with van der Waals surface area (Å²) in [5.74, 6) is -1.16. The zero-order valence-corrected chi connectivity index (χ0v) is 19.3. The summed E-state index contributed by atoms with van der Waals surface area (Å²) < 4.78 is 27.7. The third-order valence-electron chi connectivity index (χ3n) is 4.91. The van der Waals surface area contributed by atoms with Crippen LogP contribution in [0.3, 0.4) is 0 Å². The zero-order valence-electron chi connectivity index (χ0n) is 16.1. The quantitative estimate of drug-likeness (QED) is 0.538. The number of carbonyl (C=O) groups is 2. The number of halogens is 1. The molecule has 3 N–H and O–H groups in total. The highest BCUT2D eigenvalue weighted by Gasteiger charge is 2.40. The summed E-state index contributed by atoms with van der Waals surface area (Å²) in [7, 11) is -3.85. The normalized spacial score (nSPS) is 17.0. The number of carbonyl (C=O) groups excluding carboxylic acids is 2. The van der Waals surface area contributed by atoms with Crippen LogP contribution < -0.4 is 11.1 Å². The maximum Gasteiger partial charge on any atom is 0.253 e. The molecule has 1 atom stereocenters. The van der Waals surface area contributed by atoms with Crippen LogP contribution in [0, 0.1) is 0 Å². The smallest absolute Gasteiger partial charge is 0.253 e. The molecule has 0 spiro atoms. The Morgan fingerprint density at radius 1 is 1.13 bits per heavy atom. The number of hydrogen-bond acceptors (Lipinski definition) is 6. The van der Waals surface area contributed by atoms with E-state index in [-0.39, 0.29) is 16.3 Å². The van der Waals surface area contributed by atoms with Crippen LogP contribution in [0.25, 0.3) is 10.4 Å². The SMILES string of the molecule is NC(=O)c1cc(-c2ccccc2)sc1NC(=O)C1CCCN1S(=O)(=O)c1ccc(Cl)s1. The van der Waals surface area contributed by atoms with E-state index < -0.39 is 27.9 Å². The largest absolute Gasteiger partial charge is 0.366 e. The van der Waals surface area contributed by atoms with Gasteiger partial charge in [-0.2, -0.15) is 4.31 Å². The zero-order chi connectivity index (χ0) is 22.2. The molecule has 31 heavy (non-hydrogen) atoms. The van der Waals surface area contributed by atoms with Crippen molar-refractivity contribution in [2.24, 2.45) is 5.73 Å². The number of anilines is 1. The predicted octanol–water partition coefficient (Wildman–Crippen LogP) is 4.02. The van der Waals surface area contributed by atoms with Crippen LogP contribution in [0.5, 0.6) is 0 Å². The van der Waals surface area contributed by atoms with Gasteiger partial charge in [-0.15, -0.1) is 22.7 Å². The van der Waals surface area contributed by atoms with E-state index >= 15 is 0 Å². The van der Waals surface area contributed by atoms with Crippen molar-refractivity contribution >= 4 is 61.1 Å². The van der Waals surface area contributed by atoms with Crippen molar-refractivity contribution in [3.05, 3.63) is 58.4 Å². The first kappa shape index (κ1) is 22.0. The van der Waals surface area contributed by atoms with Gasteiger partial charge in [-0.25, -0.2) is 8.42 Å². The molecule has 2 amide bonds. The molecular weight excluding hydrogens is 478 g/mol. The van der Waals surface area contributed by atoms with Gasteiger partial charge in [-0.3, -0.25) is 9.59 Å². The van der Waals surface area contributed by atoms with Crippen molar-refractivity contribution in [1.82, 2.24) is 4.31 Å². The molecule has 0 aliphatic carbocycles. The second kappa shape index (κ2) is 8.71. The first-order valence-electron chi connectivity index (χ1n) is 9.34. The van der Waals surface area contributed by atoms with Crippen molar-refractivity contribution in [2.75, 3.05) is 11.9 Å². The number of primary amides is 1. The van der Waals surface area contributed by atoms with Gasteiger partial charge in [0.1, 0.15) is 15.3 Å². The molecule has 1 aromatic carbocycles. The third kappa shape index (κ3) is 4.39. The summed E-state index contributed by atoms with van der Waals surface area (Å²) >= 11 is 8.07. The molecule has 1 fully saturated rings. The number of nitrogens with two attached hydrogens (primary N) is 1. The van der Waals surface area contributed by atoms with Gasteiger partial charge in [-0.05, 0) is 36.6 Å². The van der Waals surface area contributed by atoms with Gasteiger partial charge < -0.3 is 11.1 Å². The van der Waals surface area contributed by atoms with Crippen LogP contribution in [0.4, 0.5) is 5.00 Å². The van der Waals surface area contributed by atoms with Gasteiger partial charge in [0.2, 0.25) is 5.91 Å². The highest BCUT2D eigenvalue weighted by atomic mass is 35.5. The van der Waals surface area contributed by atoms with Crippen LogP contribution >= 0.6 is 34.3 Å². The molecule has 1 aliphatic rings. The van der Waals surface area contributed by atoms with Gasteiger partial charge >= 0.3 is 0 Å². The Labute approximate surface area is 192 Å². The maximum absolute atomic E-state index is 13.0. The number of benzene rings is 1. The lowest BCUT2D eigenvalue weighted by atomic mass is 10.1. The van der Waals surface area contributed by atoms with Gasteiger partial charge in [0, 0.05) is 11.4 Å². The summed E-state index contributed by atoms with van der Waals surface area (Å²) in [6.45, 7) is 0.234. The molecule has 7 nitrogen and oxygen atoms in total. The Morgan fingerprint density at radius 2 is 1.87 bits per heavy atom. The molecule has 0 bridgehead atoms. The summed E-state index contributed by atoms with van der Waals surface area (Å²) in [5.41, 5.74) is 6.58. The van der Waals surface area contributed by atoms with Crippen LogP contribution in [0.2, 0.25) is 4.34 Å². The average Bonchev–Trinajstić information content (AvgIpc) is 3.48. The predicted molar refractivity (Wildman–Crippen MR) is 123 cm³/mol. The minimum absolute atomic E-state index is 0.0949. The number of amides is 2. The molecule has 1 saturated heterocycles. The molecule has 1 aliphatic heterocycles. The fourth-order valence-corrected chi connectivity index (χ4v) is 7.79. The summed E-state index contributed by atoms with van der Waals surface area (Å²) in [6.07, 6.45) is 0.936. The van der Waals surface area contributed by atoms with Gasteiger partial charge in [-0.1, -0.05) is 41.9 Å². The standard InChI is InChI=1S/C20H18ClN3O4S3/c21-16-8-9-17(30-16)31(27,28)24-10-4-7-14(24)19(26)23-20-13(18(22)25)11-15(29-20)12-5-2-1-3-6-12/h1-3,5-6,8-9,11,14H,4,7,10H2,(H2,22,25)(H,23,26). The molecule has 0 radical (unpaired) electrons. The molecule has 162 valence electrons. The Kier molecular flexibility index (Phi) is 6.18. The Bertz CT molecular complexity index is 1240. The van der Waals surface area contributed by atoms with Gasteiger partial charge in [0.15, 0.2) is 0 Å². The van der Waals surface area contributed by atoms with Crippen LogP contribution in [0.1, 0.15) is 23.2 Å². The molecule has 3 heterocycles. The number of sulfonamides is 1. The Hall–Kier alpha value is -2.24. The minimum Gasteiger partial charge on any atom is -0.366 e. The third-order valence-corrected chi connectivity index (χ3v) is 9.62. The molecule has 11 heteroatoms. The lowest BCUT2D eigenvalue weighted by Gasteiger charge is -2.22.